The van der Waals surface area contributed by atoms with Gasteiger partial charge >= 0.3 is 0 Å². The highest BCUT2D eigenvalue weighted by Gasteiger charge is 2.31. The summed E-state index contributed by atoms with van der Waals surface area (Å²) in [5.41, 5.74) is 2.79. The van der Waals surface area contributed by atoms with Gasteiger partial charge in [0.2, 0.25) is 10.0 Å². The average Bonchev–Trinajstić information content (AvgIpc) is 3.28. The third-order valence-corrected chi connectivity index (χ3v) is 8.37. The van der Waals surface area contributed by atoms with E-state index < -0.39 is 10.0 Å². The first kappa shape index (κ1) is 20.4. The summed E-state index contributed by atoms with van der Waals surface area (Å²) in [7, 11) is -1.90. The largest absolute Gasteiger partial charge is 0.335 e. The maximum atomic E-state index is 13.2. The zero-order chi connectivity index (χ0) is 20.6. The SMILES string of the molecule is CN(C(=O)c1ccc(Cl)c(S(=O)(=O)N2CCCC2)c1)[C@@H]1CCCc2ccccc21. The number of sulfonamides is 1. The Balaban J connectivity index is 1.65. The number of rotatable bonds is 4. The molecule has 0 N–H and O–H groups in total. The number of hydrogen-bond acceptors (Lipinski definition) is 3. The predicted molar refractivity (Wildman–Crippen MR) is 114 cm³/mol. The van der Waals surface area contributed by atoms with Gasteiger partial charge in [0.15, 0.2) is 0 Å². The van der Waals surface area contributed by atoms with E-state index in [1.54, 1.807) is 18.0 Å². The van der Waals surface area contributed by atoms with E-state index in [-0.39, 0.29) is 21.9 Å². The van der Waals surface area contributed by atoms with Gasteiger partial charge in [-0.05, 0) is 61.4 Å². The summed E-state index contributed by atoms with van der Waals surface area (Å²) in [6, 6.07) is 12.8. The summed E-state index contributed by atoms with van der Waals surface area (Å²) < 4.78 is 27.4. The van der Waals surface area contributed by atoms with Gasteiger partial charge in [-0.2, -0.15) is 4.31 Å². The van der Waals surface area contributed by atoms with Crippen molar-refractivity contribution in [3.05, 3.63) is 64.2 Å². The normalized spacial score (nSPS) is 19.7. The van der Waals surface area contributed by atoms with Crippen LogP contribution in [-0.4, -0.2) is 43.7 Å². The van der Waals surface area contributed by atoms with Gasteiger partial charge in [-0.3, -0.25) is 4.79 Å². The molecule has 5 nitrogen and oxygen atoms in total. The summed E-state index contributed by atoms with van der Waals surface area (Å²) in [6.45, 7) is 0.991. The molecule has 1 fully saturated rings. The average molecular weight is 433 g/mol. The number of carbonyl (C=O) groups is 1. The second-order valence-corrected chi connectivity index (χ2v) is 10.1. The van der Waals surface area contributed by atoms with Crippen molar-refractivity contribution < 1.29 is 13.2 Å². The lowest BCUT2D eigenvalue weighted by molar-refractivity contribution is 0.0715. The molecule has 0 saturated carbocycles. The number of benzene rings is 2. The molecule has 1 heterocycles. The molecule has 0 radical (unpaired) electrons. The summed E-state index contributed by atoms with van der Waals surface area (Å²) in [5.74, 6) is -0.193. The molecule has 1 aliphatic heterocycles. The molecule has 1 amide bonds. The number of carbonyl (C=O) groups excluding carboxylic acids is 1. The van der Waals surface area contributed by atoms with E-state index in [1.807, 2.05) is 12.1 Å². The number of amides is 1. The van der Waals surface area contributed by atoms with E-state index in [9.17, 15) is 13.2 Å². The maximum absolute atomic E-state index is 13.2. The van der Waals surface area contributed by atoms with E-state index in [4.69, 9.17) is 11.6 Å². The van der Waals surface area contributed by atoms with Crippen LogP contribution < -0.4 is 0 Å². The van der Waals surface area contributed by atoms with Crippen molar-refractivity contribution >= 4 is 27.5 Å². The fraction of sp³-hybridized carbons (Fsp3) is 0.409. The van der Waals surface area contributed by atoms with E-state index in [0.29, 0.717) is 18.7 Å². The molecule has 0 bridgehead atoms. The van der Waals surface area contributed by atoms with Crippen LogP contribution in [0.5, 0.6) is 0 Å². The summed E-state index contributed by atoms with van der Waals surface area (Å²) in [4.78, 5) is 15.0. The van der Waals surface area contributed by atoms with Crippen molar-refractivity contribution in [2.24, 2.45) is 0 Å². The van der Waals surface area contributed by atoms with Crippen LogP contribution in [-0.2, 0) is 16.4 Å². The van der Waals surface area contributed by atoms with Crippen LogP contribution in [0.2, 0.25) is 5.02 Å². The quantitative estimate of drug-likeness (QED) is 0.724. The fourth-order valence-corrected chi connectivity index (χ4v) is 6.39. The smallest absolute Gasteiger partial charge is 0.254 e. The van der Waals surface area contributed by atoms with E-state index >= 15 is 0 Å². The number of nitrogens with zero attached hydrogens (tertiary/aromatic N) is 2. The Kier molecular flexibility index (Phi) is 5.69. The van der Waals surface area contributed by atoms with Crippen LogP contribution in [0, 0.1) is 0 Å². The minimum Gasteiger partial charge on any atom is -0.335 e. The third kappa shape index (κ3) is 3.81. The Morgan fingerprint density at radius 3 is 2.59 bits per heavy atom. The topological polar surface area (TPSA) is 57.7 Å². The number of halogens is 1. The van der Waals surface area contributed by atoms with Crippen molar-refractivity contribution in [2.75, 3.05) is 20.1 Å². The molecule has 2 aromatic rings. The van der Waals surface area contributed by atoms with Gasteiger partial charge in [-0.1, -0.05) is 35.9 Å². The van der Waals surface area contributed by atoms with Gasteiger partial charge in [0.1, 0.15) is 4.90 Å². The maximum Gasteiger partial charge on any atom is 0.254 e. The van der Waals surface area contributed by atoms with E-state index in [0.717, 1.165) is 32.1 Å². The minimum atomic E-state index is -3.69. The van der Waals surface area contributed by atoms with Gasteiger partial charge in [-0.25, -0.2) is 8.42 Å². The first-order chi connectivity index (χ1) is 13.9. The van der Waals surface area contributed by atoms with Crippen molar-refractivity contribution in [1.82, 2.24) is 9.21 Å². The van der Waals surface area contributed by atoms with E-state index in [2.05, 4.69) is 12.1 Å². The second-order valence-electron chi connectivity index (χ2n) is 7.78. The van der Waals surface area contributed by atoms with Crippen molar-refractivity contribution in [3.8, 4) is 0 Å². The Hall–Kier alpha value is -1.89. The van der Waals surface area contributed by atoms with Gasteiger partial charge in [0, 0.05) is 25.7 Å². The molecule has 0 spiro atoms. The van der Waals surface area contributed by atoms with Crippen LogP contribution >= 0.6 is 11.6 Å². The highest BCUT2D eigenvalue weighted by atomic mass is 35.5. The highest BCUT2D eigenvalue weighted by molar-refractivity contribution is 7.89. The lowest BCUT2D eigenvalue weighted by atomic mass is 9.87. The third-order valence-electron chi connectivity index (χ3n) is 5.99. The van der Waals surface area contributed by atoms with Crippen LogP contribution in [0.3, 0.4) is 0 Å². The number of fused-ring (bicyclic) bond motifs is 1. The highest BCUT2D eigenvalue weighted by Crippen LogP contribution is 2.35. The lowest BCUT2D eigenvalue weighted by Crippen LogP contribution is -2.33. The lowest BCUT2D eigenvalue weighted by Gasteiger charge is -2.33. The molecule has 0 unspecified atom stereocenters. The zero-order valence-electron chi connectivity index (χ0n) is 16.5. The first-order valence-electron chi connectivity index (χ1n) is 10.0. The van der Waals surface area contributed by atoms with E-state index in [1.165, 1.54) is 27.6 Å². The van der Waals surface area contributed by atoms with Gasteiger partial charge in [0.05, 0.1) is 11.1 Å². The first-order valence-corrected chi connectivity index (χ1v) is 11.9. The summed E-state index contributed by atoms with van der Waals surface area (Å²) in [6.07, 6.45) is 4.63. The number of hydrogen-bond donors (Lipinski definition) is 0. The molecule has 7 heteroatoms. The van der Waals surface area contributed by atoms with Crippen LogP contribution in [0.4, 0.5) is 0 Å². The Bertz CT molecular complexity index is 1030. The van der Waals surface area contributed by atoms with Gasteiger partial charge in [-0.15, -0.1) is 0 Å². The monoisotopic (exact) mass is 432 g/mol. The van der Waals surface area contributed by atoms with Crippen LogP contribution in [0.1, 0.15) is 53.2 Å². The molecule has 1 saturated heterocycles. The van der Waals surface area contributed by atoms with Gasteiger partial charge < -0.3 is 4.90 Å². The molecule has 2 aromatic carbocycles. The minimum absolute atomic E-state index is 0.0123. The number of aryl methyl sites for hydroxylation is 1. The molecule has 2 aliphatic rings. The molecule has 1 aliphatic carbocycles. The van der Waals surface area contributed by atoms with Crippen molar-refractivity contribution in [3.63, 3.8) is 0 Å². The zero-order valence-corrected chi connectivity index (χ0v) is 18.0. The van der Waals surface area contributed by atoms with Crippen LogP contribution in [0.25, 0.3) is 0 Å². The fourth-order valence-electron chi connectivity index (χ4n) is 4.38. The Morgan fingerprint density at radius 1 is 1.10 bits per heavy atom. The molecular formula is C22H25ClN2O3S. The standard InChI is InChI=1S/C22H25ClN2O3S/c1-24(20-10-6-8-16-7-2-3-9-18(16)20)22(26)17-11-12-19(23)21(15-17)29(27,28)25-13-4-5-14-25/h2-3,7,9,11-12,15,20H,4-6,8,10,13-14H2,1H3/t20-/m1/s1. The van der Waals surface area contributed by atoms with Crippen molar-refractivity contribution in [2.45, 2.75) is 43.0 Å². The summed E-state index contributed by atoms with van der Waals surface area (Å²) in [5, 5.41) is 0.152. The predicted octanol–water partition coefficient (Wildman–Crippen LogP) is 4.27. The van der Waals surface area contributed by atoms with Crippen molar-refractivity contribution in [1.29, 1.82) is 0 Å². The summed E-state index contributed by atoms with van der Waals surface area (Å²) >= 11 is 6.23. The molecule has 29 heavy (non-hydrogen) atoms. The molecule has 1 atom stereocenters. The molecular weight excluding hydrogens is 408 g/mol. The Morgan fingerprint density at radius 2 is 1.83 bits per heavy atom. The second kappa shape index (κ2) is 8.09. The molecule has 154 valence electrons. The Labute approximate surface area is 177 Å². The van der Waals surface area contributed by atoms with Crippen LogP contribution in [0.15, 0.2) is 47.4 Å². The van der Waals surface area contributed by atoms with Gasteiger partial charge in [0.25, 0.3) is 5.91 Å². The molecule has 0 aromatic heterocycles. The molecule has 4 rings (SSSR count).